The summed E-state index contributed by atoms with van der Waals surface area (Å²) in [5.74, 6) is -0.0517. The van der Waals surface area contributed by atoms with Crippen molar-refractivity contribution in [3.8, 4) is 5.69 Å². The van der Waals surface area contributed by atoms with Gasteiger partial charge in [0.1, 0.15) is 18.7 Å². The quantitative estimate of drug-likeness (QED) is 0.696. The fourth-order valence-electron chi connectivity index (χ4n) is 3.98. The number of aromatic nitrogens is 3. The summed E-state index contributed by atoms with van der Waals surface area (Å²) in [7, 11) is 2.09. The lowest BCUT2D eigenvalue weighted by atomic mass is 9.87. The van der Waals surface area contributed by atoms with Crippen LogP contribution in [0.4, 0.5) is 5.69 Å². The Morgan fingerprint density at radius 3 is 3.00 bits per heavy atom. The Bertz CT molecular complexity index is 973. The van der Waals surface area contributed by atoms with Crippen LogP contribution >= 0.6 is 11.6 Å². The fraction of sp³-hybridized carbons (Fsp3) is 0.286. The normalized spacial score (nSPS) is 17.0. The van der Waals surface area contributed by atoms with Crippen LogP contribution in [0, 0.1) is 0 Å². The third-order valence-corrected chi connectivity index (χ3v) is 5.54. The third-order valence-electron chi connectivity index (χ3n) is 5.30. The van der Waals surface area contributed by atoms with Gasteiger partial charge in [-0.25, -0.2) is 9.67 Å². The van der Waals surface area contributed by atoms with Gasteiger partial charge >= 0.3 is 0 Å². The second-order valence-electron chi connectivity index (χ2n) is 7.22. The third kappa shape index (κ3) is 3.93. The number of benzene rings is 2. The topological polar surface area (TPSA) is 64.2 Å². The van der Waals surface area contributed by atoms with E-state index in [1.165, 1.54) is 22.4 Å². The minimum atomic E-state index is -0.0517. The van der Waals surface area contributed by atoms with E-state index >= 15 is 0 Å². The average Bonchev–Trinajstić information content (AvgIpc) is 3.22. The number of amides is 1. The Kier molecular flexibility index (Phi) is 5.41. The van der Waals surface area contributed by atoms with E-state index in [0.29, 0.717) is 23.3 Å². The SMILES string of the molecule is C[NH+](CC(=O)Nc1cc(Cl)ccc1-n1cncn1)[C@H]1CCCc2ccccc21. The fourth-order valence-corrected chi connectivity index (χ4v) is 4.15. The number of nitrogens with one attached hydrogen (secondary N) is 2. The maximum atomic E-state index is 12.8. The number of carbonyl (C=O) groups excluding carboxylic acids is 1. The molecule has 0 saturated carbocycles. The van der Waals surface area contributed by atoms with Crippen LogP contribution in [0.25, 0.3) is 5.69 Å². The molecule has 1 aliphatic carbocycles. The number of carbonyl (C=O) groups is 1. The van der Waals surface area contributed by atoms with Crippen LogP contribution in [-0.4, -0.2) is 34.3 Å². The molecule has 1 aromatic heterocycles. The summed E-state index contributed by atoms with van der Waals surface area (Å²) in [6.07, 6.45) is 6.42. The Morgan fingerprint density at radius 2 is 2.18 bits per heavy atom. The predicted molar refractivity (Wildman–Crippen MR) is 109 cm³/mol. The lowest BCUT2D eigenvalue weighted by Crippen LogP contribution is -3.10. The molecule has 144 valence electrons. The van der Waals surface area contributed by atoms with Crippen LogP contribution in [0.5, 0.6) is 0 Å². The number of rotatable bonds is 5. The van der Waals surface area contributed by atoms with Crippen molar-refractivity contribution >= 4 is 23.2 Å². The number of quaternary nitrogens is 1. The minimum Gasteiger partial charge on any atom is -0.323 e. The molecule has 1 heterocycles. The molecule has 28 heavy (non-hydrogen) atoms. The highest BCUT2D eigenvalue weighted by Crippen LogP contribution is 2.27. The van der Waals surface area contributed by atoms with Crippen LogP contribution in [-0.2, 0) is 11.2 Å². The molecule has 2 atom stereocenters. The molecule has 7 heteroatoms. The van der Waals surface area contributed by atoms with Crippen LogP contribution in [0.2, 0.25) is 5.02 Å². The van der Waals surface area contributed by atoms with Gasteiger partial charge in [0.15, 0.2) is 6.54 Å². The van der Waals surface area contributed by atoms with Crippen molar-refractivity contribution in [2.45, 2.75) is 25.3 Å². The number of nitrogens with zero attached hydrogens (tertiary/aromatic N) is 3. The van der Waals surface area contributed by atoms with Crippen molar-refractivity contribution < 1.29 is 9.69 Å². The van der Waals surface area contributed by atoms with Gasteiger partial charge < -0.3 is 10.2 Å². The summed E-state index contributed by atoms with van der Waals surface area (Å²) in [4.78, 5) is 18.0. The molecule has 0 spiro atoms. The molecular weight excluding hydrogens is 374 g/mol. The van der Waals surface area contributed by atoms with Gasteiger partial charge in [-0.05, 0) is 36.6 Å². The second-order valence-corrected chi connectivity index (χ2v) is 7.65. The van der Waals surface area contributed by atoms with Gasteiger partial charge in [-0.15, -0.1) is 0 Å². The summed E-state index contributed by atoms with van der Waals surface area (Å²) < 4.78 is 1.61. The smallest absolute Gasteiger partial charge is 0.279 e. The van der Waals surface area contributed by atoms with E-state index in [0.717, 1.165) is 24.9 Å². The first-order valence-corrected chi connectivity index (χ1v) is 9.84. The molecule has 2 aromatic carbocycles. The van der Waals surface area contributed by atoms with Gasteiger partial charge in [-0.3, -0.25) is 4.79 Å². The molecule has 0 fully saturated rings. The van der Waals surface area contributed by atoms with Gasteiger partial charge in [0.2, 0.25) is 0 Å². The number of likely N-dealkylation sites (N-methyl/N-ethyl adjacent to an activating group) is 1. The van der Waals surface area contributed by atoms with E-state index in [2.05, 4.69) is 46.7 Å². The Labute approximate surface area is 169 Å². The van der Waals surface area contributed by atoms with Crippen LogP contribution in [0.1, 0.15) is 30.0 Å². The zero-order chi connectivity index (χ0) is 19.5. The summed E-state index contributed by atoms with van der Waals surface area (Å²) in [6.45, 7) is 0.377. The molecule has 6 nitrogen and oxygen atoms in total. The van der Waals surface area contributed by atoms with Gasteiger partial charge in [-0.1, -0.05) is 35.9 Å². The highest BCUT2D eigenvalue weighted by atomic mass is 35.5. The first-order chi connectivity index (χ1) is 13.6. The van der Waals surface area contributed by atoms with Crippen molar-refractivity contribution in [1.29, 1.82) is 0 Å². The number of hydrogen-bond donors (Lipinski definition) is 2. The van der Waals surface area contributed by atoms with E-state index in [-0.39, 0.29) is 5.91 Å². The monoisotopic (exact) mass is 396 g/mol. The summed E-state index contributed by atoms with van der Waals surface area (Å²) in [6, 6.07) is 14.2. The van der Waals surface area contributed by atoms with E-state index < -0.39 is 0 Å². The van der Waals surface area contributed by atoms with Gasteiger partial charge in [0.25, 0.3) is 5.91 Å². The lowest BCUT2D eigenvalue weighted by Gasteiger charge is -2.30. The van der Waals surface area contributed by atoms with Crippen LogP contribution in [0.3, 0.4) is 0 Å². The standard InChI is InChI=1S/C21H22ClN5O/c1-26(19-8-4-6-15-5-2-3-7-17(15)19)12-21(28)25-18-11-16(22)9-10-20(18)27-14-23-13-24-27/h2-3,5,7,9-11,13-14,19H,4,6,8,12H2,1H3,(H,25,28)/p+1/t19-/m0/s1. The molecule has 3 aromatic rings. The van der Waals surface area contributed by atoms with E-state index in [1.54, 1.807) is 23.1 Å². The zero-order valence-electron chi connectivity index (χ0n) is 15.7. The molecule has 0 aliphatic heterocycles. The number of fused-ring (bicyclic) bond motifs is 1. The second kappa shape index (κ2) is 8.12. The molecule has 0 radical (unpaired) electrons. The maximum absolute atomic E-state index is 12.8. The Balaban J connectivity index is 1.49. The minimum absolute atomic E-state index is 0.0517. The Hall–Kier alpha value is -2.70. The largest absolute Gasteiger partial charge is 0.323 e. The molecular formula is C21H23ClN5O+. The summed E-state index contributed by atoms with van der Waals surface area (Å²) in [5.41, 5.74) is 4.13. The Morgan fingerprint density at radius 1 is 1.32 bits per heavy atom. The number of aryl methyl sites for hydroxylation is 1. The van der Waals surface area contributed by atoms with Crippen molar-refractivity contribution in [3.05, 3.63) is 71.3 Å². The molecule has 1 amide bonds. The van der Waals surface area contributed by atoms with E-state index in [9.17, 15) is 4.79 Å². The van der Waals surface area contributed by atoms with E-state index in [4.69, 9.17) is 11.6 Å². The molecule has 4 rings (SSSR count). The van der Waals surface area contributed by atoms with Crippen molar-refractivity contribution in [2.75, 3.05) is 18.9 Å². The van der Waals surface area contributed by atoms with Crippen molar-refractivity contribution in [3.63, 3.8) is 0 Å². The van der Waals surface area contributed by atoms with E-state index in [1.807, 2.05) is 6.07 Å². The lowest BCUT2D eigenvalue weighted by molar-refractivity contribution is -0.905. The number of hydrogen-bond acceptors (Lipinski definition) is 3. The predicted octanol–water partition coefficient (Wildman–Crippen LogP) is 2.45. The highest BCUT2D eigenvalue weighted by Gasteiger charge is 2.28. The molecule has 2 N–H and O–H groups in total. The molecule has 0 saturated heterocycles. The molecule has 0 bridgehead atoms. The number of anilines is 1. The highest BCUT2D eigenvalue weighted by molar-refractivity contribution is 6.31. The average molecular weight is 397 g/mol. The number of halogens is 1. The summed E-state index contributed by atoms with van der Waals surface area (Å²) >= 11 is 6.14. The molecule has 1 unspecified atom stereocenters. The van der Waals surface area contributed by atoms with Gasteiger partial charge in [-0.2, -0.15) is 5.10 Å². The first-order valence-electron chi connectivity index (χ1n) is 9.46. The zero-order valence-corrected chi connectivity index (χ0v) is 16.5. The van der Waals surface area contributed by atoms with Gasteiger partial charge in [0.05, 0.1) is 18.4 Å². The van der Waals surface area contributed by atoms with Gasteiger partial charge in [0, 0.05) is 17.0 Å². The van der Waals surface area contributed by atoms with Crippen molar-refractivity contribution in [1.82, 2.24) is 14.8 Å². The first kappa shape index (κ1) is 18.7. The van der Waals surface area contributed by atoms with Crippen LogP contribution < -0.4 is 10.2 Å². The van der Waals surface area contributed by atoms with Crippen LogP contribution in [0.15, 0.2) is 55.1 Å². The summed E-state index contributed by atoms with van der Waals surface area (Å²) in [5, 5.41) is 7.71. The maximum Gasteiger partial charge on any atom is 0.279 e. The molecule has 1 aliphatic rings. The van der Waals surface area contributed by atoms with Crippen molar-refractivity contribution in [2.24, 2.45) is 0 Å².